The van der Waals surface area contributed by atoms with Crippen LogP contribution in [0.4, 0.5) is 0 Å². The Morgan fingerprint density at radius 1 is 1.38 bits per heavy atom. The molecule has 1 rings (SSSR count). The fraction of sp³-hybridized carbons (Fsp3) is 0.611. The van der Waals surface area contributed by atoms with Gasteiger partial charge in [-0.2, -0.15) is 0 Å². The summed E-state index contributed by atoms with van der Waals surface area (Å²) in [5.74, 6) is -0.822. The first-order valence-corrected chi connectivity index (χ1v) is 8.79. The number of aliphatic hydroxyl groups is 1. The van der Waals surface area contributed by atoms with Gasteiger partial charge in [0, 0.05) is 18.0 Å². The number of rotatable bonds is 11. The summed E-state index contributed by atoms with van der Waals surface area (Å²) >= 11 is 5.99. The van der Waals surface area contributed by atoms with Crippen LogP contribution >= 0.6 is 11.6 Å². The molecule has 0 bridgehead atoms. The maximum absolute atomic E-state index is 10.4. The molecule has 6 heteroatoms. The lowest BCUT2D eigenvalue weighted by molar-refractivity contribution is -0.136. The summed E-state index contributed by atoms with van der Waals surface area (Å²) in [4.78, 5) is 12.6. The Hall–Kier alpha value is -1.14. The fourth-order valence-electron chi connectivity index (χ4n) is 2.40. The van der Waals surface area contributed by atoms with E-state index in [1.165, 1.54) is 12.8 Å². The molecule has 136 valence electrons. The van der Waals surface area contributed by atoms with Crippen LogP contribution in [0.2, 0.25) is 0 Å². The number of nitrogens with zero attached hydrogens (tertiary/aromatic N) is 1. The minimum absolute atomic E-state index is 0.0984. The van der Waals surface area contributed by atoms with Gasteiger partial charge in [-0.15, -0.1) is 0 Å². The molecule has 0 saturated carbocycles. The Morgan fingerprint density at radius 3 is 2.75 bits per heavy atom. The van der Waals surface area contributed by atoms with Gasteiger partial charge in [-0.1, -0.05) is 29.8 Å². The average molecular weight is 358 g/mol. The molecular formula is C18H28ClNO4. The second-order valence-corrected chi connectivity index (χ2v) is 6.41. The zero-order valence-corrected chi connectivity index (χ0v) is 15.0. The highest BCUT2D eigenvalue weighted by Gasteiger charge is 2.16. The van der Waals surface area contributed by atoms with Crippen LogP contribution in [0.15, 0.2) is 35.4 Å². The van der Waals surface area contributed by atoms with Crippen molar-refractivity contribution in [2.75, 3.05) is 26.2 Å². The van der Waals surface area contributed by atoms with Gasteiger partial charge in [-0.3, -0.25) is 4.79 Å². The van der Waals surface area contributed by atoms with Gasteiger partial charge in [0.1, 0.15) is 0 Å². The minimum Gasteiger partial charge on any atom is -0.481 e. The van der Waals surface area contributed by atoms with E-state index in [2.05, 4.69) is 4.90 Å². The van der Waals surface area contributed by atoms with E-state index in [-0.39, 0.29) is 12.5 Å². The van der Waals surface area contributed by atoms with Gasteiger partial charge in [0.25, 0.3) is 0 Å². The van der Waals surface area contributed by atoms with Crippen molar-refractivity contribution in [3.63, 3.8) is 0 Å². The first kappa shape index (κ1) is 20.9. The number of aliphatic hydroxyl groups excluding tert-OH is 1. The molecule has 1 aliphatic heterocycles. The molecule has 0 aliphatic carbocycles. The average Bonchev–Trinajstić information content (AvgIpc) is 3.02. The Labute approximate surface area is 149 Å². The van der Waals surface area contributed by atoms with Crippen LogP contribution < -0.4 is 0 Å². The van der Waals surface area contributed by atoms with E-state index in [0.29, 0.717) is 24.6 Å². The molecule has 0 amide bonds. The number of allylic oxidation sites excluding steroid dienone is 5. The first-order valence-electron chi connectivity index (χ1n) is 8.41. The molecule has 0 radical (unpaired) electrons. The molecule has 2 atom stereocenters. The van der Waals surface area contributed by atoms with Crippen molar-refractivity contribution in [2.24, 2.45) is 0 Å². The molecule has 0 aromatic rings. The van der Waals surface area contributed by atoms with E-state index in [0.717, 1.165) is 13.1 Å². The number of aliphatic carboxylic acids is 1. The number of ether oxygens (including phenoxy) is 1. The van der Waals surface area contributed by atoms with Gasteiger partial charge in [0.05, 0.1) is 18.8 Å². The highest BCUT2D eigenvalue weighted by molar-refractivity contribution is 6.31. The highest BCUT2D eigenvalue weighted by atomic mass is 35.5. The summed E-state index contributed by atoms with van der Waals surface area (Å²) in [6, 6.07) is 0. The van der Waals surface area contributed by atoms with E-state index in [9.17, 15) is 9.90 Å². The van der Waals surface area contributed by atoms with E-state index in [1.807, 2.05) is 13.0 Å². The van der Waals surface area contributed by atoms with Crippen LogP contribution in [-0.2, 0) is 9.53 Å². The second-order valence-electron chi connectivity index (χ2n) is 5.97. The van der Waals surface area contributed by atoms with Gasteiger partial charge in [0.2, 0.25) is 0 Å². The normalized spacial score (nSPS) is 19.4. The molecule has 5 nitrogen and oxygen atoms in total. The lowest BCUT2D eigenvalue weighted by Gasteiger charge is -2.20. The monoisotopic (exact) mass is 357 g/mol. The van der Waals surface area contributed by atoms with E-state index < -0.39 is 12.1 Å². The maximum atomic E-state index is 10.4. The molecule has 2 N–H and O–H groups in total. The van der Waals surface area contributed by atoms with Gasteiger partial charge in [-0.25, -0.2) is 0 Å². The van der Waals surface area contributed by atoms with Crippen molar-refractivity contribution in [2.45, 2.75) is 44.8 Å². The molecule has 0 aromatic carbocycles. The quantitative estimate of drug-likeness (QED) is 0.556. The number of carboxylic acids is 1. The minimum atomic E-state index is -0.822. The van der Waals surface area contributed by atoms with E-state index in [4.69, 9.17) is 21.4 Å². The molecule has 0 aromatic heterocycles. The van der Waals surface area contributed by atoms with Crippen LogP contribution in [0.5, 0.6) is 0 Å². The van der Waals surface area contributed by atoms with Crippen molar-refractivity contribution in [3.05, 3.63) is 35.4 Å². The number of halogens is 1. The van der Waals surface area contributed by atoms with E-state index >= 15 is 0 Å². The molecule has 0 spiro atoms. The smallest absolute Gasteiger partial charge is 0.303 e. The molecule has 0 unspecified atom stereocenters. The van der Waals surface area contributed by atoms with Gasteiger partial charge in [0.15, 0.2) is 0 Å². The van der Waals surface area contributed by atoms with Gasteiger partial charge in [-0.05, 0) is 51.4 Å². The third kappa shape index (κ3) is 10.6. The number of hydrogen-bond acceptors (Lipinski definition) is 4. The maximum Gasteiger partial charge on any atom is 0.303 e. The van der Waals surface area contributed by atoms with Crippen LogP contribution in [0.3, 0.4) is 0 Å². The lowest BCUT2D eigenvalue weighted by atomic mass is 10.3. The van der Waals surface area contributed by atoms with Crippen molar-refractivity contribution < 1.29 is 19.7 Å². The van der Waals surface area contributed by atoms with Crippen molar-refractivity contribution in [1.29, 1.82) is 0 Å². The van der Waals surface area contributed by atoms with Crippen LogP contribution in [-0.4, -0.2) is 59.5 Å². The van der Waals surface area contributed by atoms with Crippen LogP contribution in [0, 0.1) is 0 Å². The summed E-state index contributed by atoms with van der Waals surface area (Å²) in [6.45, 7) is 5.02. The number of carboxylic acid groups (broad SMARTS) is 1. The standard InChI is InChI=1S/C18H28ClNO4/c1-15(24-14-17(21)13-20-11-4-5-12-20)7-6-9-16(19)8-2-3-10-18(22)23/h2,6-9,15,17,21H,3-5,10-14H2,1H3,(H,22,23)/b7-6+,8-2+,16-9+/t15-,17-/m1/s1. The molecule has 1 fully saturated rings. The van der Waals surface area contributed by atoms with Crippen LogP contribution in [0.1, 0.15) is 32.6 Å². The Kier molecular flexibility index (Phi) is 10.7. The number of β-amino-alcohol motifs (C(OH)–C–C–N with tert-alkyl or cyclic N) is 1. The summed E-state index contributed by atoms with van der Waals surface area (Å²) in [5.41, 5.74) is 0. The lowest BCUT2D eigenvalue weighted by Crippen LogP contribution is -2.33. The van der Waals surface area contributed by atoms with Crippen molar-refractivity contribution in [3.8, 4) is 0 Å². The molecule has 1 heterocycles. The van der Waals surface area contributed by atoms with Crippen LogP contribution in [0.25, 0.3) is 0 Å². The largest absolute Gasteiger partial charge is 0.481 e. The number of carbonyl (C=O) groups is 1. The summed E-state index contributed by atoms with van der Waals surface area (Å²) < 4.78 is 5.60. The predicted molar refractivity (Wildman–Crippen MR) is 96.2 cm³/mol. The van der Waals surface area contributed by atoms with E-state index in [1.54, 1.807) is 24.3 Å². The molecule has 24 heavy (non-hydrogen) atoms. The Balaban J connectivity index is 2.20. The van der Waals surface area contributed by atoms with Gasteiger partial charge < -0.3 is 19.8 Å². The third-order valence-electron chi connectivity index (χ3n) is 3.66. The number of likely N-dealkylation sites (tertiary alicyclic amines) is 1. The molecule has 1 saturated heterocycles. The zero-order chi connectivity index (χ0) is 17.8. The molecular weight excluding hydrogens is 330 g/mol. The zero-order valence-electron chi connectivity index (χ0n) is 14.2. The topological polar surface area (TPSA) is 70.0 Å². The SMILES string of the molecule is C[C@H](/C=C/C=C(Cl)\C=C\CCC(=O)O)OC[C@H](O)CN1CCCC1. The van der Waals surface area contributed by atoms with Gasteiger partial charge >= 0.3 is 5.97 Å². The predicted octanol–water partition coefficient (Wildman–Crippen LogP) is 2.95. The van der Waals surface area contributed by atoms with Crippen molar-refractivity contribution in [1.82, 2.24) is 4.90 Å². The first-order chi connectivity index (χ1) is 11.5. The summed E-state index contributed by atoms with van der Waals surface area (Å²) in [7, 11) is 0. The second kappa shape index (κ2) is 12.3. The third-order valence-corrected chi connectivity index (χ3v) is 3.91. The Bertz CT molecular complexity index is 456. The molecule has 1 aliphatic rings. The Morgan fingerprint density at radius 2 is 2.08 bits per heavy atom. The summed E-state index contributed by atoms with van der Waals surface area (Å²) in [5, 5.41) is 19.0. The highest BCUT2D eigenvalue weighted by Crippen LogP contribution is 2.09. The number of hydrogen-bond donors (Lipinski definition) is 2. The fourth-order valence-corrected chi connectivity index (χ4v) is 2.56. The summed E-state index contributed by atoms with van der Waals surface area (Å²) in [6.07, 6.45) is 11.2. The van der Waals surface area contributed by atoms with Crippen molar-refractivity contribution >= 4 is 17.6 Å².